The third kappa shape index (κ3) is 3.54. The molecule has 0 aliphatic carbocycles. The van der Waals surface area contributed by atoms with Crippen molar-refractivity contribution in [3.8, 4) is 0 Å². The van der Waals surface area contributed by atoms with Gasteiger partial charge in [0.05, 0.1) is 6.10 Å². The van der Waals surface area contributed by atoms with Crippen molar-refractivity contribution in [3.05, 3.63) is 34.3 Å². The quantitative estimate of drug-likeness (QED) is 0.918. The minimum atomic E-state index is 0.250. The Morgan fingerprint density at radius 3 is 3.12 bits per heavy atom. The molecule has 94 valence electrons. The third-order valence-corrected chi connectivity index (χ3v) is 3.77. The number of hydrogen-bond donors (Lipinski definition) is 1. The predicted molar refractivity (Wildman–Crippen MR) is 74.1 cm³/mol. The van der Waals surface area contributed by atoms with Crippen LogP contribution in [0.5, 0.6) is 0 Å². The van der Waals surface area contributed by atoms with E-state index in [1.165, 1.54) is 18.4 Å². The highest BCUT2D eigenvalue weighted by molar-refractivity contribution is 9.10. The molecule has 1 aromatic carbocycles. The van der Waals surface area contributed by atoms with E-state index in [-0.39, 0.29) is 6.10 Å². The predicted octanol–water partition coefficient (Wildman–Crippen LogP) is 3.53. The highest BCUT2D eigenvalue weighted by Crippen LogP contribution is 2.34. The molecule has 1 aromatic rings. The van der Waals surface area contributed by atoms with Crippen LogP contribution in [0.15, 0.2) is 28.7 Å². The molecule has 0 radical (unpaired) electrons. The lowest BCUT2D eigenvalue weighted by Gasteiger charge is -2.32. The van der Waals surface area contributed by atoms with Gasteiger partial charge in [-0.1, -0.05) is 35.0 Å². The van der Waals surface area contributed by atoms with E-state index in [9.17, 15) is 0 Å². The fourth-order valence-electron chi connectivity index (χ4n) is 2.43. The Bertz CT molecular complexity index is 356. The molecule has 1 aliphatic rings. The number of ether oxygens (including phenoxy) is 1. The van der Waals surface area contributed by atoms with Crippen molar-refractivity contribution in [2.24, 2.45) is 5.92 Å². The van der Waals surface area contributed by atoms with Crippen LogP contribution in [0.1, 0.15) is 31.4 Å². The van der Waals surface area contributed by atoms with Crippen LogP contribution in [0, 0.1) is 5.92 Å². The monoisotopic (exact) mass is 297 g/mol. The van der Waals surface area contributed by atoms with Gasteiger partial charge in [0, 0.05) is 23.5 Å². The molecule has 2 rings (SSSR count). The molecule has 2 atom stereocenters. The number of halogens is 1. The maximum absolute atomic E-state index is 5.97. The van der Waals surface area contributed by atoms with Crippen LogP contribution >= 0.6 is 15.9 Å². The summed E-state index contributed by atoms with van der Waals surface area (Å²) in [4.78, 5) is 0. The van der Waals surface area contributed by atoms with Gasteiger partial charge in [0.15, 0.2) is 0 Å². The van der Waals surface area contributed by atoms with Crippen LogP contribution in [0.4, 0.5) is 0 Å². The first-order chi connectivity index (χ1) is 8.31. The van der Waals surface area contributed by atoms with Crippen molar-refractivity contribution in [1.82, 2.24) is 5.32 Å². The van der Waals surface area contributed by atoms with Crippen LogP contribution in [0.25, 0.3) is 0 Å². The molecule has 0 amide bonds. The molecule has 1 fully saturated rings. The zero-order chi connectivity index (χ0) is 12.1. The Labute approximate surface area is 112 Å². The summed E-state index contributed by atoms with van der Waals surface area (Å²) < 4.78 is 7.10. The van der Waals surface area contributed by atoms with Gasteiger partial charge < -0.3 is 10.1 Å². The van der Waals surface area contributed by atoms with E-state index >= 15 is 0 Å². The molecule has 0 spiro atoms. The SMILES string of the molecule is CCNCC1CCCOC1c1cccc(Br)c1. The molecule has 0 bridgehead atoms. The Morgan fingerprint density at radius 2 is 2.35 bits per heavy atom. The summed E-state index contributed by atoms with van der Waals surface area (Å²) in [5, 5.41) is 3.44. The van der Waals surface area contributed by atoms with Crippen LogP contribution in [-0.4, -0.2) is 19.7 Å². The van der Waals surface area contributed by atoms with Crippen LogP contribution in [-0.2, 0) is 4.74 Å². The molecule has 2 nitrogen and oxygen atoms in total. The van der Waals surface area contributed by atoms with Gasteiger partial charge in [0.1, 0.15) is 0 Å². The van der Waals surface area contributed by atoms with E-state index in [2.05, 4.69) is 52.4 Å². The van der Waals surface area contributed by atoms with E-state index in [0.29, 0.717) is 5.92 Å². The minimum Gasteiger partial charge on any atom is -0.373 e. The van der Waals surface area contributed by atoms with Gasteiger partial charge in [-0.2, -0.15) is 0 Å². The molecule has 1 saturated heterocycles. The number of benzene rings is 1. The topological polar surface area (TPSA) is 21.3 Å². The van der Waals surface area contributed by atoms with Gasteiger partial charge in [-0.25, -0.2) is 0 Å². The number of hydrogen-bond acceptors (Lipinski definition) is 2. The van der Waals surface area contributed by atoms with Gasteiger partial charge in [0.25, 0.3) is 0 Å². The van der Waals surface area contributed by atoms with Crippen LogP contribution in [0.2, 0.25) is 0 Å². The van der Waals surface area contributed by atoms with Crippen molar-refractivity contribution < 1.29 is 4.74 Å². The zero-order valence-corrected chi connectivity index (χ0v) is 11.9. The maximum Gasteiger partial charge on any atom is 0.0865 e. The van der Waals surface area contributed by atoms with Crippen molar-refractivity contribution in [2.45, 2.75) is 25.9 Å². The summed E-state index contributed by atoms with van der Waals surface area (Å²) in [6.07, 6.45) is 2.69. The molecule has 0 saturated carbocycles. The van der Waals surface area contributed by atoms with E-state index in [4.69, 9.17) is 4.74 Å². The van der Waals surface area contributed by atoms with Gasteiger partial charge in [-0.15, -0.1) is 0 Å². The number of rotatable bonds is 4. The fourth-order valence-corrected chi connectivity index (χ4v) is 2.85. The molecular weight excluding hydrogens is 278 g/mol. The zero-order valence-electron chi connectivity index (χ0n) is 10.3. The van der Waals surface area contributed by atoms with Crippen LogP contribution < -0.4 is 5.32 Å². The first-order valence-electron chi connectivity index (χ1n) is 6.39. The fraction of sp³-hybridized carbons (Fsp3) is 0.571. The second-order valence-electron chi connectivity index (χ2n) is 4.56. The standard InChI is InChI=1S/C14H20BrNO/c1-2-16-10-12-6-4-8-17-14(12)11-5-3-7-13(15)9-11/h3,5,7,9,12,14,16H,2,4,6,8,10H2,1H3. The maximum atomic E-state index is 5.97. The summed E-state index contributed by atoms with van der Waals surface area (Å²) in [6, 6.07) is 8.49. The molecule has 2 unspecified atom stereocenters. The lowest BCUT2D eigenvalue weighted by Crippen LogP contribution is -2.31. The summed E-state index contributed by atoms with van der Waals surface area (Å²) in [6.45, 7) is 5.12. The number of nitrogens with one attached hydrogen (secondary N) is 1. The second kappa shape index (κ2) is 6.53. The Kier molecular flexibility index (Phi) is 5.01. The minimum absolute atomic E-state index is 0.250. The van der Waals surface area contributed by atoms with Gasteiger partial charge in [0.2, 0.25) is 0 Å². The molecule has 0 aromatic heterocycles. The highest BCUT2D eigenvalue weighted by Gasteiger charge is 2.26. The average Bonchev–Trinajstić information content (AvgIpc) is 2.37. The van der Waals surface area contributed by atoms with Crippen molar-refractivity contribution in [3.63, 3.8) is 0 Å². The Hall–Kier alpha value is -0.380. The van der Waals surface area contributed by atoms with Crippen molar-refractivity contribution in [2.75, 3.05) is 19.7 Å². The molecule has 3 heteroatoms. The lowest BCUT2D eigenvalue weighted by atomic mass is 9.89. The van der Waals surface area contributed by atoms with Gasteiger partial charge in [-0.3, -0.25) is 0 Å². The summed E-state index contributed by atoms with van der Waals surface area (Å²) >= 11 is 3.53. The highest BCUT2D eigenvalue weighted by atomic mass is 79.9. The summed E-state index contributed by atoms with van der Waals surface area (Å²) in [5.74, 6) is 0.595. The molecule has 1 N–H and O–H groups in total. The lowest BCUT2D eigenvalue weighted by molar-refractivity contribution is -0.0276. The second-order valence-corrected chi connectivity index (χ2v) is 5.47. The largest absolute Gasteiger partial charge is 0.373 e. The van der Waals surface area contributed by atoms with E-state index < -0.39 is 0 Å². The van der Waals surface area contributed by atoms with Crippen molar-refractivity contribution in [1.29, 1.82) is 0 Å². The first-order valence-corrected chi connectivity index (χ1v) is 7.18. The summed E-state index contributed by atoms with van der Waals surface area (Å²) in [7, 11) is 0. The third-order valence-electron chi connectivity index (χ3n) is 3.28. The Balaban J connectivity index is 2.10. The van der Waals surface area contributed by atoms with Gasteiger partial charge in [-0.05, 0) is 37.1 Å². The molecule has 1 aliphatic heterocycles. The van der Waals surface area contributed by atoms with Crippen molar-refractivity contribution >= 4 is 15.9 Å². The smallest absolute Gasteiger partial charge is 0.0865 e. The summed E-state index contributed by atoms with van der Waals surface area (Å²) in [5.41, 5.74) is 1.29. The van der Waals surface area contributed by atoms with E-state index in [1.807, 2.05) is 0 Å². The molecular formula is C14H20BrNO. The Morgan fingerprint density at radius 1 is 1.47 bits per heavy atom. The first kappa shape index (κ1) is 13.1. The molecule has 1 heterocycles. The average molecular weight is 298 g/mol. The van der Waals surface area contributed by atoms with E-state index in [1.54, 1.807) is 0 Å². The van der Waals surface area contributed by atoms with Gasteiger partial charge >= 0.3 is 0 Å². The normalized spacial score (nSPS) is 24.8. The molecule has 17 heavy (non-hydrogen) atoms. The van der Waals surface area contributed by atoms with E-state index in [0.717, 1.165) is 24.2 Å². The van der Waals surface area contributed by atoms with Crippen LogP contribution in [0.3, 0.4) is 0 Å².